The van der Waals surface area contributed by atoms with Crippen LogP contribution in [0.2, 0.25) is 0 Å². The average Bonchev–Trinajstić information content (AvgIpc) is 2.86. The van der Waals surface area contributed by atoms with Gasteiger partial charge in [0.15, 0.2) is 5.69 Å². The van der Waals surface area contributed by atoms with E-state index in [1.807, 2.05) is 0 Å². The molecular formula is C13H20N2O3. The molecule has 1 aliphatic rings. The van der Waals surface area contributed by atoms with Gasteiger partial charge in [-0.25, -0.2) is 4.79 Å². The number of carbonyl (C=O) groups is 1. The number of rotatable bonds is 5. The summed E-state index contributed by atoms with van der Waals surface area (Å²) >= 11 is 0. The van der Waals surface area contributed by atoms with E-state index in [9.17, 15) is 4.79 Å². The fraction of sp³-hybridized carbons (Fsp3) is 0.692. The SMILES string of the molecule is CCC(Nc1nc(C(=O)O)co1)C1CCCCC1. The molecule has 1 unspecified atom stereocenters. The molecule has 1 fully saturated rings. The molecule has 2 N–H and O–H groups in total. The van der Waals surface area contributed by atoms with Crippen LogP contribution in [0.4, 0.5) is 6.01 Å². The van der Waals surface area contributed by atoms with Crippen LogP contribution in [0.15, 0.2) is 10.7 Å². The number of aromatic nitrogens is 1. The van der Waals surface area contributed by atoms with Crippen molar-refractivity contribution < 1.29 is 14.3 Å². The number of nitrogens with zero attached hydrogens (tertiary/aromatic N) is 1. The van der Waals surface area contributed by atoms with E-state index in [0.717, 1.165) is 6.42 Å². The second-order valence-corrected chi connectivity index (χ2v) is 4.90. The third-order valence-electron chi connectivity index (χ3n) is 3.69. The predicted octanol–water partition coefficient (Wildman–Crippen LogP) is 3.14. The van der Waals surface area contributed by atoms with Crippen LogP contribution < -0.4 is 5.32 Å². The van der Waals surface area contributed by atoms with E-state index in [0.29, 0.717) is 18.0 Å². The van der Waals surface area contributed by atoms with Gasteiger partial charge in [-0.05, 0) is 25.2 Å². The highest BCUT2D eigenvalue weighted by molar-refractivity contribution is 5.85. The lowest BCUT2D eigenvalue weighted by atomic mass is 9.83. The molecule has 2 rings (SSSR count). The first-order valence-corrected chi connectivity index (χ1v) is 6.66. The average molecular weight is 252 g/mol. The summed E-state index contributed by atoms with van der Waals surface area (Å²) < 4.78 is 5.15. The Morgan fingerprint density at radius 1 is 1.56 bits per heavy atom. The van der Waals surface area contributed by atoms with E-state index in [-0.39, 0.29) is 5.69 Å². The van der Waals surface area contributed by atoms with E-state index in [1.54, 1.807) is 0 Å². The van der Waals surface area contributed by atoms with Crippen molar-refractivity contribution in [2.45, 2.75) is 51.5 Å². The second-order valence-electron chi connectivity index (χ2n) is 4.90. The molecule has 1 aromatic rings. The molecule has 0 radical (unpaired) electrons. The summed E-state index contributed by atoms with van der Waals surface area (Å²) in [5.74, 6) is -0.415. The smallest absolute Gasteiger partial charge is 0.357 e. The number of carboxylic acids is 1. The van der Waals surface area contributed by atoms with E-state index in [1.165, 1.54) is 38.4 Å². The summed E-state index contributed by atoms with van der Waals surface area (Å²) in [4.78, 5) is 14.6. The molecule has 0 bridgehead atoms. The minimum atomic E-state index is -1.06. The number of hydrogen-bond acceptors (Lipinski definition) is 4. The van der Waals surface area contributed by atoms with Gasteiger partial charge in [-0.15, -0.1) is 0 Å². The molecule has 1 atom stereocenters. The van der Waals surface area contributed by atoms with E-state index in [4.69, 9.17) is 9.52 Å². The molecule has 1 saturated carbocycles. The van der Waals surface area contributed by atoms with Gasteiger partial charge >= 0.3 is 5.97 Å². The van der Waals surface area contributed by atoms with Gasteiger partial charge in [-0.2, -0.15) is 4.98 Å². The molecule has 18 heavy (non-hydrogen) atoms. The number of anilines is 1. The van der Waals surface area contributed by atoms with Crippen LogP contribution in [0.25, 0.3) is 0 Å². The normalized spacial score (nSPS) is 18.5. The van der Waals surface area contributed by atoms with Crippen molar-refractivity contribution in [3.63, 3.8) is 0 Å². The van der Waals surface area contributed by atoms with E-state index < -0.39 is 5.97 Å². The van der Waals surface area contributed by atoms with Crippen molar-refractivity contribution in [1.82, 2.24) is 4.98 Å². The van der Waals surface area contributed by atoms with Gasteiger partial charge in [-0.3, -0.25) is 0 Å². The molecule has 1 aliphatic carbocycles. The first-order valence-electron chi connectivity index (χ1n) is 6.66. The van der Waals surface area contributed by atoms with E-state index >= 15 is 0 Å². The fourth-order valence-electron chi connectivity index (χ4n) is 2.69. The second kappa shape index (κ2) is 5.89. The number of hydrogen-bond donors (Lipinski definition) is 2. The lowest BCUT2D eigenvalue weighted by Crippen LogP contribution is -2.30. The monoisotopic (exact) mass is 252 g/mol. The number of carboxylic acid groups (broad SMARTS) is 1. The Morgan fingerprint density at radius 3 is 2.83 bits per heavy atom. The molecular weight excluding hydrogens is 232 g/mol. The van der Waals surface area contributed by atoms with Crippen molar-refractivity contribution in [2.75, 3.05) is 5.32 Å². The molecule has 0 amide bonds. The maximum absolute atomic E-state index is 10.7. The first kappa shape index (κ1) is 12.9. The van der Waals surface area contributed by atoms with Crippen LogP contribution in [-0.2, 0) is 0 Å². The largest absolute Gasteiger partial charge is 0.476 e. The third kappa shape index (κ3) is 3.03. The predicted molar refractivity (Wildman–Crippen MR) is 67.7 cm³/mol. The molecule has 5 heteroatoms. The molecule has 0 aromatic carbocycles. The molecule has 0 spiro atoms. The van der Waals surface area contributed by atoms with Gasteiger partial charge in [0.2, 0.25) is 0 Å². The Morgan fingerprint density at radius 2 is 2.28 bits per heavy atom. The Kier molecular flexibility index (Phi) is 4.23. The van der Waals surface area contributed by atoms with Crippen LogP contribution >= 0.6 is 0 Å². The van der Waals surface area contributed by atoms with Crippen LogP contribution in [0.5, 0.6) is 0 Å². The van der Waals surface area contributed by atoms with Gasteiger partial charge in [0, 0.05) is 6.04 Å². The lowest BCUT2D eigenvalue weighted by Gasteiger charge is -2.29. The molecule has 1 aromatic heterocycles. The zero-order valence-corrected chi connectivity index (χ0v) is 10.7. The highest BCUT2D eigenvalue weighted by Crippen LogP contribution is 2.29. The number of aromatic carboxylic acids is 1. The Labute approximate surface area is 107 Å². The van der Waals surface area contributed by atoms with Gasteiger partial charge in [0.05, 0.1) is 0 Å². The quantitative estimate of drug-likeness (QED) is 0.842. The van der Waals surface area contributed by atoms with Crippen molar-refractivity contribution in [3.05, 3.63) is 12.0 Å². The summed E-state index contributed by atoms with van der Waals surface area (Å²) in [6.45, 7) is 2.13. The molecule has 1 heterocycles. The lowest BCUT2D eigenvalue weighted by molar-refractivity contribution is 0.0690. The highest BCUT2D eigenvalue weighted by atomic mass is 16.4. The third-order valence-corrected chi connectivity index (χ3v) is 3.69. The van der Waals surface area contributed by atoms with Crippen molar-refractivity contribution in [3.8, 4) is 0 Å². The van der Waals surface area contributed by atoms with Crippen molar-refractivity contribution in [2.24, 2.45) is 5.92 Å². The number of nitrogens with one attached hydrogen (secondary N) is 1. The van der Waals surface area contributed by atoms with Gasteiger partial charge < -0.3 is 14.8 Å². The fourth-order valence-corrected chi connectivity index (χ4v) is 2.69. The van der Waals surface area contributed by atoms with Crippen LogP contribution in [0.3, 0.4) is 0 Å². The van der Waals surface area contributed by atoms with Gasteiger partial charge in [0.1, 0.15) is 6.26 Å². The Balaban J connectivity index is 1.97. The molecule has 0 aliphatic heterocycles. The van der Waals surface area contributed by atoms with Crippen LogP contribution in [-0.4, -0.2) is 22.1 Å². The Hall–Kier alpha value is -1.52. The van der Waals surface area contributed by atoms with Crippen LogP contribution in [0, 0.1) is 5.92 Å². The highest BCUT2D eigenvalue weighted by Gasteiger charge is 2.23. The molecule has 5 nitrogen and oxygen atoms in total. The van der Waals surface area contributed by atoms with Crippen molar-refractivity contribution in [1.29, 1.82) is 0 Å². The Bertz CT molecular complexity index is 397. The first-order chi connectivity index (χ1) is 8.70. The minimum Gasteiger partial charge on any atom is -0.476 e. The minimum absolute atomic E-state index is 0.0454. The summed E-state index contributed by atoms with van der Waals surface area (Å²) in [5, 5.41) is 12.0. The maximum Gasteiger partial charge on any atom is 0.357 e. The van der Waals surface area contributed by atoms with Gasteiger partial charge in [-0.1, -0.05) is 26.2 Å². The van der Waals surface area contributed by atoms with Crippen molar-refractivity contribution >= 4 is 12.0 Å². The molecule has 100 valence electrons. The van der Waals surface area contributed by atoms with Crippen LogP contribution in [0.1, 0.15) is 55.9 Å². The maximum atomic E-state index is 10.7. The standard InChI is InChI=1S/C13H20N2O3/c1-2-10(9-6-4-3-5-7-9)14-13-15-11(8-18-13)12(16)17/h8-10H,2-7H2,1H3,(H,14,15)(H,16,17). The zero-order valence-electron chi connectivity index (χ0n) is 10.7. The summed E-state index contributed by atoms with van der Waals surface area (Å²) in [6.07, 6.45) is 8.54. The zero-order chi connectivity index (χ0) is 13.0. The van der Waals surface area contributed by atoms with E-state index in [2.05, 4.69) is 17.2 Å². The van der Waals surface area contributed by atoms with Gasteiger partial charge in [0.25, 0.3) is 6.01 Å². The summed E-state index contributed by atoms with van der Waals surface area (Å²) in [6, 6.07) is 0.649. The molecule has 0 saturated heterocycles. The number of oxazole rings is 1. The topological polar surface area (TPSA) is 75.4 Å². The summed E-state index contributed by atoms with van der Waals surface area (Å²) in [5.41, 5.74) is -0.0454. The summed E-state index contributed by atoms with van der Waals surface area (Å²) in [7, 11) is 0.